The number of nitrogens with one attached hydrogen (secondary N) is 1. The third-order valence-corrected chi connectivity index (χ3v) is 6.44. The van der Waals surface area contributed by atoms with Gasteiger partial charge in [0.2, 0.25) is 5.91 Å². The third kappa shape index (κ3) is 4.00. The van der Waals surface area contributed by atoms with Crippen LogP contribution < -0.4 is 5.32 Å². The average Bonchev–Trinajstić information content (AvgIpc) is 3.48. The van der Waals surface area contributed by atoms with Crippen molar-refractivity contribution in [1.29, 1.82) is 0 Å². The zero-order chi connectivity index (χ0) is 19.5. The molecule has 7 nitrogen and oxygen atoms in total. The molecule has 9 heteroatoms. The van der Waals surface area contributed by atoms with Gasteiger partial charge in [-0.05, 0) is 31.2 Å². The number of aromatic nitrogens is 3. The lowest BCUT2D eigenvalue weighted by Crippen LogP contribution is -2.41. The quantitative estimate of drug-likeness (QED) is 0.691. The van der Waals surface area contributed by atoms with Crippen molar-refractivity contribution in [2.45, 2.75) is 26.3 Å². The molecule has 0 aliphatic carbocycles. The molecule has 2 amide bonds. The summed E-state index contributed by atoms with van der Waals surface area (Å²) in [5.41, 5.74) is 2.26. The zero-order valence-corrected chi connectivity index (χ0v) is 17.1. The Balaban J connectivity index is 1.32. The van der Waals surface area contributed by atoms with Crippen LogP contribution in [0.15, 0.2) is 34.6 Å². The fraction of sp³-hybridized carbons (Fsp3) is 0.368. The second kappa shape index (κ2) is 8.24. The number of likely N-dealkylation sites (tertiary alicyclic amines) is 1. The minimum Gasteiger partial charge on any atom is -0.337 e. The highest BCUT2D eigenvalue weighted by atomic mass is 32.1. The maximum absolute atomic E-state index is 12.7. The topological polar surface area (TPSA) is 80.1 Å². The van der Waals surface area contributed by atoms with Crippen LogP contribution in [0.2, 0.25) is 0 Å². The highest BCUT2D eigenvalue weighted by Crippen LogP contribution is 2.27. The first-order valence-corrected chi connectivity index (χ1v) is 11.1. The predicted molar refractivity (Wildman–Crippen MR) is 111 cm³/mol. The number of aryl methyl sites for hydroxylation is 1. The Hall–Kier alpha value is -2.52. The van der Waals surface area contributed by atoms with Crippen molar-refractivity contribution in [3.63, 3.8) is 0 Å². The fourth-order valence-corrected chi connectivity index (χ4v) is 4.75. The monoisotopic (exact) mass is 415 g/mol. The third-order valence-electron chi connectivity index (χ3n) is 4.87. The number of piperidine rings is 1. The number of thiophene rings is 1. The van der Waals surface area contributed by atoms with Gasteiger partial charge in [-0.2, -0.15) is 16.4 Å². The Morgan fingerprint density at radius 3 is 2.79 bits per heavy atom. The first kappa shape index (κ1) is 18.8. The van der Waals surface area contributed by atoms with Crippen molar-refractivity contribution in [3.05, 3.63) is 40.3 Å². The van der Waals surface area contributed by atoms with Gasteiger partial charge in [0.25, 0.3) is 5.91 Å². The van der Waals surface area contributed by atoms with Crippen molar-refractivity contribution < 1.29 is 9.59 Å². The van der Waals surface area contributed by atoms with Gasteiger partial charge < -0.3 is 10.2 Å². The summed E-state index contributed by atoms with van der Waals surface area (Å²) in [6, 6.07) is 2.01. The maximum Gasteiger partial charge on any atom is 0.273 e. The Morgan fingerprint density at radius 2 is 2.11 bits per heavy atom. The largest absolute Gasteiger partial charge is 0.337 e. The van der Waals surface area contributed by atoms with Gasteiger partial charge in [-0.15, -0.1) is 11.3 Å². The van der Waals surface area contributed by atoms with E-state index in [2.05, 4.69) is 15.4 Å². The molecule has 146 valence electrons. The van der Waals surface area contributed by atoms with Crippen molar-refractivity contribution in [3.8, 4) is 10.6 Å². The molecule has 0 spiro atoms. The molecule has 3 aromatic rings. The van der Waals surface area contributed by atoms with E-state index in [4.69, 9.17) is 0 Å². The number of hydrogen-bond donors (Lipinski definition) is 1. The Kier molecular flexibility index (Phi) is 5.54. The molecule has 4 heterocycles. The van der Waals surface area contributed by atoms with Crippen LogP contribution in [0.25, 0.3) is 10.6 Å². The standard InChI is InChI=1S/C19H21N5O2S2/c1-2-24-10-15(9-20-24)21-17(25)13-3-6-23(7-4-13)19(26)16-12-28-18(22-16)14-5-8-27-11-14/h5,8-13H,2-4,6-7H2,1H3,(H,21,25). The van der Waals surface area contributed by atoms with E-state index in [1.807, 2.05) is 35.3 Å². The van der Waals surface area contributed by atoms with E-state index >= 15 is 0 Å². The molecular formula is C19H21N5O2S2. The van der Waals surface area contributed by atoms with Gasteiger partial charge in [0.1, 0.15) is 10.7 Å². The molecule has 1 N–H and O–H groups in total. The first-order valence-electron chi connectivity index (χ1n) is 9.24. The second-order valence-corrected chi connectivity index (χ2v) is 8.33. The van der Waals surface area contributed by atoms with Crippen LogP contribution in [0.5, 0.6) is 0 Å². The van der Waals surface area contributed by atoms with Crippen molar-refractivity contribution in [2.24, 2.45) is 5.92 Å². The Morgan fingerprint density at radius 1 is 1.29 bits per heavy atom. The van der Waals surface area contributed by atoms with Gasteiger partial charge in [0, 0.05) is 48.1 Å². The molecule has 0 radical (unpaired) electrons. The van der Waals surface area contributed by atoms with Crippen LogP contribution in [0.1, 0.15) is 30.3 Å². The lowest BCUT2D eigenvalue weighted by Gasteiger charge is -2.30. The van der Waals surface area contributed by atoms with E-state index in [-0.39, 0.29) is 17.7 Å². The molecule has 0 atom stereocenters. The van der Waals surface area contributed by atoms with E-state index in [0.29, 0.717) is 37.3 Å². The minimum atomic E-state index is -0.0918. The minimum absolute atomic E-state index is 0.00356. The fourth-order valence-electron chi connectivity index (χ4n) is 3.24. The molecule has 3 aromatic heterocycles. The van der Waals surface area contributed by atoms with Crippen LogP contribution in [0, 0.1) is 5.92 Å². The molecular weight excluding hydrogens is 394 g/mol. The average molecular weight is 416 g/mol. The lowest BCUT2D eigenvalue weighted by atomic mass is 9.95. The summed E-state index contributed by atoms with van der Waals surface area (Å²) >= 11 is 3.10. The smallest absolute Gasteiger partial charge is 0.273 e. The number of hydrogen-bond acceptors (Lipinski definition) is 6. The molecule has 1 saturated heterocycles. The lowest BCUT2D eigenvalue weighted by molar-refractivity contribution is -0.121. The number of rotatable bonds is 5. The maximum atomic E-state index is 12.7. The van der Waals surface area contributed by atoms with E-state index in [1.54, 1.807) is 27.1 Å². The molecule has 1 aliphatic heterocycles. The molecule has 0 aromatic carbocycles. The number of carbonyl (C=O) groups is 2. The molecule has 0 bridgehead atoms. The van der Waals surface area contributed by atoms with Crippen LogP contribution in [-0.2, 0) is 11.3 Å². The Bertz CT molecular complexity index is 955. The van der Waals surface area contributed by atoms with Gasteiger partial charge >= 0.3 is 0 Å². The van der Waals surface area contributed by atoms with Gasteiger partial charge in [-0.3, -0.25) is 14.3 Å². The predicted octanol–water partition coefficient (Wildman–Crippen LogP) is 3.58. The summed E-state index contributed by atoms with van der Waals surface area (Å²) in [4.78, 5) is 31.5. The SMILES string of the molecule is CCn1cc(NC(=O)C2CCN(C(=O)c3csc(-c4ccsc4)n3)CC2)cn1. The molecule has 28 heavy (non-hydrogen) atoms. The van der Waals surface area contributed by atoms with E-state index in [1.165, 1.54) is 11.3 Å². The van der Waals surface area contributed by atoms with E-state index < -0.39 is 0 Å². The van der Waals surface area contributed by atoms with Gasteiger partial charge in [-0.1, -0.05) is 0 Å². The number of carbonyl (C=O) groups excluding carboxylic acids is 2. The molecule has 0 saturated carbocycles. The first-order chi connectivity index (χ1) is 13.6. The normalized spacial score (nSPS) is 15.0. The molecule has 4 rings (SSSR count). The molecule has 0 unspecified atom stereocenters. The summed E-state index contributed by atoms with van der Waals surface area (Å²) in [5.74, 6) is -0.150. The van der Waals surface area contributed by atoms with Gasteiger partial charge in [0.05, 0.1) is 11.9 Å². The second-order valence-electron chi connectivity index (χ2n) is 6.69. The number of amides is 2. The van der Waals surface area contributed by atoms with E-state index in [0.717, 1.165) is 17.1 Å². The number of thiazole rings is 1. The van der Waals surface area contributed by atoms with Crippen LogP contribution in [0.3, 0.4) is 0 Å². The summed E-state index contributed by atoms with van der Waals surface area (Å²) in [6.07, 6.45) is 4.79. The highest BCUT2D eigenvalue weighted by Gasteiger charge is 2.29. The summed E-state index contributed by atoms with van der Waals surface area (Å²) in [6.45, 7) is 3.89. The zero-order valence-electron chi connectivity index (χ0n) is 15.5. The van der Waals surface area contributed by atoms with Crippen molar-refractivity contribution in [1.82, 2.24) is 19.7 Å². The molecule has 1 aliphatic rings. The molecule has 1 fully saturated rings. The van der Waals surface area contributed by atoms with E-state index in [9.17, 15) is 9.59 Å². The van der Waals surface area contributed by atoms with Crippen molar-refractivity contribution >= 4 is 40.2 Å². The van der Waals surface area contributed by atoms with Crippen molar-refractivity contribution in [2.75, 3.05) is 18.4 Å². The summed E-state index contributed by atoms with van der Waals surface area (Å²) in [7, 11) is 0. The van der Waals surface area contributed by atoms with Crippen LogP contribution in [0.4, 0.5) is 5.69 Å². The number of anilines is 1. The van der Waals surface area contributed by atoms with Gasteiger partial charge in [-0.25, -0.2) is 4.98 Å². The summed E-state index contributed by atoms with van der Waals surface area (Å²) in [5, 5.41) is 13.8. The van der Waals surface area contributed by atoms with Crippen LogP contribution >= 0.6 is 22.7 Å². The highest BCUT2D eigenvalue weighted by molar-refractivity contribution is 7.14. The van der Waals surface area contributed by atoms with Crippen LogP contribution in [-0.4, -0.2) is 44.6 Å². The number of nitrogens with zero attached hydrogens (tertiary/aromatic N) is 4. The van der Waals surface area contributed by atoms with Gasteiger partial charge in [0.15, 0.2) is 0 Å². The Labute approximate surface area is 171 Å². The summed E-state index contributed by atoms with van der Waals surface area (Å²) < 4.78 is 1.77.